The Labute approximate surface area is 96.7 Å². The largest absolute Gasteiger partial charge is 0.396 e. The van der Waals surface area contributed by atoms with Gasteiger partial charge in [-0.15, -0.1) is 0 Å². The molecular formula is C12H22N2O2. The minimum absolute atomic E-state index is 0.101. The maximum Gasteiger partial charge on any atom is 0.0594 e. The molecule has 3 N–H and O–H groups in total. The zero-order chi connectivity index (χ0) is 11.2. The Morgan fingerprint density at radius 2 is 2.12 bits per heavy atom. The maximum absolute atomic E-state index is 9.75. The van der Waals surface area contributed by atoms with Crippen LogP contribution in [0.2, 0.25) is 0 Å². The predicted octanol–water partition coefficient (Wildman–Crippen LogP) is -0.192. The molecule has 0 aromatic heterocycles. The monoisotopic (exact) mass is 226 g/mol. The van der Waals surface area contributed by atoms with Gasteiger partial charge in [-0.05, 0) is 18.8 Å². The van der Waals surface area contributed by atoms with Crippen LogP contribution in [0.1, 0.15) is 19.3 Å². The molecule has 92 valence electrons. The molecule has 3 atom stereocenters. The summed E-state index contributed by atoms with van der Waals surface area (Å²) in [6.45, 7) is 4.60. The lowest BCUT2D eigenvalue weighted by molar-refractivity contribution is -0.0106. The second-order valence-corrected chi connectivity index (χ2v) is 5.49. The van der Waals surface area contributed by atoms with E-state index in [0.717, 1.165) is 32.7 Å². The number of morpholine rings is 1. The van der Waals surface area contributed by atoms with Crippen LogP contribution in [-0.2, 0) is 4.74 Å². The van der Waals surface area contributed by atoms with Gasteiger partial charge in [0.1, 0.15) is 0 Å². The van der Waals surface area contributed by atoms with Gasteiger partial charge >= 0.3 is 0 Å². The van der Waals surface area contributed by atoms with Crippen molar-refractivity contribution in [3.05, 3.63) is 0 Å². The standard InChI is InChI=1S/C12H22N2O2/c13-8-12(14-4-6-16-7-5-14)10-2-1-3-11(10,12)9-15/h10,15H,1-9,13H2/t10-,11+,12-/m1/s1. The molecule has 0 aromatic carbocycles. The topological polar surface area (TPSA) is 58.7 Å². The van der Waals surface area contributed by atoms with Crippen molar-refractivity contribution in [3.8, 4) is 0 Å². The van der Waals surface area contributed by atoms with Crippen molar-refractivity contribution in [2.24, 2.45) is 17.1 Å². The number of nitrogens with zero attached hydrogens (tertiary/aromatic N) is 1. The van der Waals surface area contributed by atoms with Crippen molar-refractivity contribution in [2.75, 3.05) is 39.5 Å². The molecule has 0 spiro atoms. The first kappa shape index (κ1) is 11.0. The van der Waals surface area contributed by atoms with Gasteiger partial charge in [-0.25, -0.2) is 0 Å². The Balaban J connectivity index is 1.85. The molecule has 4 heteroatoms. The molecule has 4 nitrogen and oxygen atoms in total. The average Bonchev–Trinajstić information content (AvgIpc) is 2.68. The summed E-state index contributed by atoms with van der Waals surface area (Å²) in [6, 6.07) is 0. The summed E-state index contributed by atoms with van der Waals surface area (Å²) < 4.78 is 5.41. The molecule has 0 amide bonds. The zero-order valence-corrected chi connectivity index (χ0v) is 9.82. The molecule has 2 saturated carbocycles. The second-order valence-electron chi connectivity index (χ2n) is 5.49. The lowest BCUT2D eigenvalue weighted by atomic mass is 9.93. The quantitative estimate of drug-likeness (QED) is 0.700. The van der Waals surface area contributed by atoms with Gasteiger partial charge in [0.25, 0.3) is 0 Å². The smallest absolute Gasteiger partial charge is 0.0594 e. The molecule has 3 rings (SSSR count). The second kappa shape index (κ2) is 3.67. The van der Waals surface area contributed by atoms with Crippen LogP contribution in [0.3, 0.4) is 0 Å². The van der Waals surface area contributed by atoms with E-state index in [1.54, 1.807) is 0 Å². The van der Waals surface area contributed by atoms with Gasteiger partial charge in [-0.3, -0.25) is 4.90 Å². The van der Waals surface area contributed by atoms with E-state index in [1.807, 2.05) is 0 Å². The molecule has 3 fully saturated rings. The summed E-state index contributed by atoms with van der Waals surface area (Å²) in [5.74, 6) is 0.632. The third-order valence-electron chi connectivity index (χ3n) is 5.31. The van der Waals surface area contributed by atoms with Crippen LogP contribution in [0, 0.1) is 11.3 Å². The molecule has 0 radical (unpaired) electrons. The molecule has 1 saturated heterocycles. The number of ether oxygens (including phenoxy) is 1. The van der Waals surface area contributed by atoms with Crippen LogP contribution in [0.5, 0.6) is 0 Å². The molecule has 3 aliphatic rings. The zero-order valence-electron chi connectivity index (χ0n) is 9.82. The molecule has 0 aromatic rings. The van der Waals surface area contributed by atoms with E-state index in [4.69, 9.17) is 10.5 Å². The van der Waals surface area contributed by atoms with E-state index < -0.39 is 0 Å². The maximum atomic E-state index is 9.75. The average molecular weight is 226 g/mol. The first-order chi connectivity index (χ1) is 7.82. The van der Waals surface area contributed by atoms with Gasteiger partial charge in [0.2, 0.25) is 0 Å². The Morgan fingerprint density at radius 1 is 1.38 bits per heavy atom. The van der Waals surface area contributed by atoms with E-state index in [0.29, 0.717) is 19.1 Å². The summed E-state index contributed by atoms with van der Waals surface area (Å²) in [4.78, 5) is 2.50. The van der Waals surface area contributed by atoms with Crippen molar-refractivity contribution in [1.29, 1.82) is 0 Å². The van der Waals surface area contributed by atoms with Crippen LogP contribution in [0.4, 0.5) is 0 Å². The van der Waals surface area contributed by atoms with Crippen molar-refractivity contribution in [1.82, 2.24) is 4.90 Å². The summed E-state index contributed by atoms with van der Waals surface area (Å²) in [5.41, 5.74) is 6.28. The minimum atomic E-state index is 0.101. The van der Waals surface area contributed by atoms with E-state index >= 15 is 0 Å². The number of aliphatic hydroxyl groups excluding tert-OH is 1. The van der Waals surface area contributed by atoms with Crippen molar-refractivity contribution >= 4 is 0 Å². The minimum Gasteiger partial charge on any atom is -0.396 e. The van der Waals surface area contributed by atoms with Gasteiger partial charge < -0.3 is 15.6 Å². The first-order valence-electron chi connectivity index (χ1n) is 6.45. The van der Waals surface area contributed by atoms with Crippen LogP contribution in [0.15, 0.2) is 0 Å². The number of hydrogen-bond acceptors (Lipinski definition) is 4. The lowest BCUT2D eigenvalue weighted by Crippen LogP contribution is -2.53. The highest BCUT2D eigenvalue weighted by molar-refractivity contribution is 5.31. The molecule has 1 heterocycles. The first-order valence-corrected chi connectivity index (χ1v) is 6.45. The van der Waals surface area contributed by atoms with Crippen LogP contribution < -0.4 is 5.73 Å². The number of hydrogen-bond donors (Lipinski definition) is 2. The number of rotatable bonds is 3. The van der Waals surface area contributed by atoms with Gasteiger partial charge in [-0.2, -0.15) is 0 Å². The van der Waals surface area contributed by atoms with E-state index in [1.165, 1.54) is 12.8 Å². The Bertz CT molecular complexity index is 280. The molecule has 0 bridgehead atoms. The van der Waals surface area contributed by atoms with Crippen LogP contribution in [-0.4, -0.2) is 55.0 Å². The van der Waals surface area contributed by atoms with Crippen LogP contribution >= 0.6 is 0 Å². The summed E-state index contributed by atoms with van der Waals surface area (Å²) >= 11 is 0. The van der Waals surface area contributed by atoms with Gasteiger partial charge in [-0.1, -0.05) is 6.42 Å². The number of fused-ring (bicyclic) bond motifs is 1. The SMILES string of the molecule is NC[C@@]1(N2CCOCC2)[C@@H]2CCC[C@]21CO. The Morgan fingerprint density at radius 3 is 2.69 bits per heavy atom. The summed E-state index contributed by atoms with van der Waals surface area (Å²) in [6.07, 6.45) is 3.66. The number of nitrogens with two attached hydrogens (primary N) is 1. The van der Waals surface area contributed by atoms with E-state index in [2.05, 4.69) is 4.90 Å². The number of aliphatic hydroxyl groups is 1. The van der Waals surface area contributed by atoms with Gasteiger partial charge in [0, 0.05) is 30.6 Å². The highest BCUT2D eigenvalue weighted by Crippen LogP contribution is 2.72. The van der Waals surface area contributed by atoms with Crippen molar-refractivity contribution < 1.29 is 9.84 Å². The van der Waals surface area contributed by atoms with Gasteiger partial charge in [0.15, 0.2) is 0 Å². The Hall–Kier alpha value is -0.160. The highest BCUT2D eigenvalue weighted by Gasteiger charge is 2.78. The Kier molecular flexibility index (Phi) is 2.51. The molecule has 1 aliphatic heterocycles. The molecule has 0 unspecified atom stereocenters. The van der Waals surface area contributed by atoms with Crippen molar-refractivity contribution in [2.45, 2.75) is 24.8 Å². The third kappa shape index (κ3) is 1.09. The highest BCUT2D eigenvalue weighted by atomic mass is 16.5. The summed E-state index contributed by atoms with van der Waals surface area (Å²) in [5, 5.41) is 9.75. The summed E-state index contributed by atoms with van der Waals surface area (Å²) in [7, 11) is 0. The predicted molar refractivity (Wildman–Crippen MR) is 61.0 cm³/mol. The van der Waals surface area contributed by atoms with E-state index in [-0.39, 0.29) is 11.0 Å². The molecule has 16 heavy (non-hydrogen) atoms. The van der Waals surface area contributed by atoms with Gasteiger partial charge in [0.05, 0.1) is 19.8 Å². The van der Waals surface area contributed by atoms with Crippen molar-refractivity contribution in [3.63, 3.8) is 0 Å². The molecular weight excluding hydrogens is 204 g/mol. The normalized spacial score (nSPS) is 48.0. The fourth-order valence-electron chi connectivity index (χ4n) is 4.57. The fraction of sp³-hybridized carbons (Fsp3) is 1.00. The lowest BCUT2D eigenvalue weighted by Gasteiger charge is -2.39. The third-order valence-corrected chi connectivity index (χ3v) is 5.31. The molecule has 2 aliphatic carbocycles. The van der Waals surface area contributed by atoms with Crippen LogP contribution in [0.25, 0.3) is 0 Å². The fourth-order valence-corrected chi connectivity index (χ4v) is 4.57. The van der Waals surface area contributed by atoms with E-state index in [9.17, 15) is 5.11 Å².